The van der Waals surface area contributed by atoms with Gasteiger partial charge in [-0.15, -0.1) is 0 Å². The summed E-state index contributed by atoms with van der Waals surface area (Å²) in [6.07, 6.45) is 4.87. The van der Waals surface area contributed by atoms with Gasteiger partial charge in [0.15, 0.2) is 0 Å². The van der Waals surface area contributed by atoms with Crippen LogP contribution < -0.4 is 0 Å². The average molecular weight is 383 g/mol. The third-order valence-corrected chi connectivity index (χ3v) is 5.21. The lowest BCUT2D eigenvalue weighted by Crippen LogP contribution is -2.35. The standard InChI is InChI=1S/C21H23ClN4O/c1-16-4-2-5-17(12-16)21(27)25-9-3-8-24(10-11-25)14-19-15-26-13-18(22)6-7-20(26)23-19/h2,4-7,12-13,15H,3,8-11,14H2,1H3. The lowest BCUT2D eigenvalue weighted by atomic mass is 10.1. The Morgan fingerprint density at radius 1 is 1.11 bits per heavy atom. The first-order valence-electron chi connectivity index (χ1n) is 9.30. The zero-order valence-electron chi connectivity index (χ0n) is 15.4. The molecule has 0 bridgehead atoms. The van der Waals surface area contributed by atoms with Gasteiger partial charge in [0.1, 0.15) is 5.65 Å². The lowest BCUT2D eigenvalue weighted by Gasteiger charge is -2.21. The summed E-state index contributed by atoms with van der Waals surface area (Å²) in [5.74, 6) is 0.128. The molecular formula is C21H23ClN4O. The Hall–Kier alpha value is -2.37. The summed E-state index contributed by atoms with van der Waals surface area (Å²) in [6.45, 7) is 6.16. The summed E-state index contributed by atoms with van der Waals surface area (Å²) in [4.78, 5) is 21.8. The van der Waals surface area contributed by atoms with E-state index in [9.17, 15) is 4.79 Å². The number of benzene rings is 1. The van der Waals surface area contributed by atoms with Crippen molar-refractivity contribution in [2.24, 2.45) is 0 Å². The topological polar surface area (TPSA) is 40.9 Å². The number of hydrogen-bond acceptors (Lipinski definition) is 3. The molecule has 4 rings (SSSR count). The van der Waals surface area contributed by atoms with Gasteiger partial charge in [-0.2, -0.15) is 0 Å². The molecule has 0 N–H and O–H groups in total. The number of fused-ring (bicyclic) bond motifs is 1. The summed E-state index contributed by atoms with van der Waals surface area (Å²) in [7, 11) is 0. The first-order valence-corrected chi connectivity index (χ1v) is 9.68. The smallest absolute Gasteiger partial charge is 0.253 e. The molecule has 0 unspecified atom stereocenters. The first-order chi connectivity index (χ1) is 13.1. The van der Waals surface area contributed by atoms with Gasteiger partial charge < -0.3 is 9.30 Å². The molecule has 0 radical (unpaired) electrons. The van der Waals surface area contributed by atoms with E-state index in [1.165, 1.54) is 0 Å². The first kappa shape index (κ1) is 18.0. The molecule has 6 heteroatoms. The predicted octanol–water partition coefficient (Wildman–Crippen LogP) is 3.64. The molecular weight excluding hydrogens is 360 g/mol. The van der Waals surface area contributed by atoms with Gasteiger partial charge in [-0.3, -0.25) is 9.69 Å². The Morgan fingerprint density at radius 2 is 2.00 bits per heavy atom. The zero-order valence-corrected chi connectivity index (χ0v) is 16.2. The molecule has 5 nitrogen and oxygen atoms in total. The molecule has 2 aromatic heterocycles. The maximum absolute atomic E-state index is 12.8. The molecule has 1 aromatic carbocycles. The highest BCUT2D eigenvalue weighted by Crippen LogP contribution is 2.15. The Morgan fingerprint density at radius 3 is 2.85 bits per heavy atom. The monoisotopic (exact) mass is 382 g/mol. The molecule has 27 heavy (non-hydrogen) atoms. The summed E-state index contributed by atoms with van der Waals surface area (Å²) in [6, 6.07) is 11.6. The molecule has 1 saturated heterocycles. The van der Waals surface area contributed by atoms with E-state index in [1.54, 1.807) is 0 Å². The molecule has 0 spiro atoms. The number of carbonyl (C=O) groups excluding carboxylic acids is 1. The minimum atomic E-state index is 0.128. The van der Waals surface area contributed by atoms with Crippen molar-refractivity contribution in [3.63, 3.8) is 0 Å². The Kier molecular flexibility index (Phi) is 5.14. The quantitative estimate of drug-likeness (QED) is 0.694. The number of aryl methyl sites for hydroxylation is 1. The molecule has 1 aliphatic heterocycles. The normalized spacial score (nSPS) is 15.9. The van der Waals surface area contributed by atoms with Crippen molar-refractivity contribution in [3.05, 3.63) is 70.6 Å². The van der Waals surface area contributed by atoms with E-state index in [-0.39, 0.29) is 5.91 Å². The van der Waals surface area contributed by atoms with Crippen LogP contribution >= 0.6 is 11.6 Å². The van der Waals surface area contributed by atoms with E-state index in [4.69, 9.17) is 11.6 Å². The van der Waals surface area contributed by atoms with Crippen molar-refractivity contribution < 1.29 is 4.79 Å². The van der Waals surface area contributed by atoms with Crippen molar-refractivity contribution in [2.45, 2.75) is 19.9 Å². The van der Waals surface area contributed by atoms with Crippen LogP contribution in [0.1, 0.15) is 28.0 Å². The summed E-state index contributed by atoms with van der Waals surface area (Å²) < 4.78 is 1.96. The Bertz CT molecular complexity index is 968. The fraction of sp³-hybridized carbons (Fsp3) is 0.333. The van der Waals surface area contributed by atoms with E-state index < -0.39 is 0 Å². The van der Waals surface area contributed by atoms with Gasteiger partial charge in [0.25, 0.3) is 5.91 Å². The number of amides is 1. The number of imidazole rings is 1. The van der Waals surface area contributed by atoms with E-state index in [0.29, 0.717) is 5.02 Å². The lowest BCUT2D eigenvalue weighted by molar-refractivity contribution is 0.0761. The number of rotatable bonds is 3. The SMILES string of the molecule is Cc1cccc(C(=O)N2CCCN(Cc3cn4cc(Cl)ccc4n3)CC2)c1. The number of aromatic nitrogens is 2. The maximum atomic E-state index is 12.8. The maximum Gasteiger partial charge on any atom is 0.253 e. The van der Waals surface area contributed by atoms with Crippen LogP contribution in [-0.2, 0) is 6.54 Å². The highest BCUT2D eigenvalue weighted by molar-refractivity contribution is 6.30. The van der Waals surface area contributed by atoms with Gasteiger partial charge in [-0.1, -0.05) is 29.3 Å². The number of hydrogen-bond donors (Lipinski definition) is 0. The van der Waals surface area contributed by atoms with Gasteiger partial charge in [0, 0.05) is 50.7 Å². The van der Waals surface area contributed by atoms with Gasteiger partial charge in [-0.05, 0) is 37.6 Å². The average Bonchev–Trinajstić information content (AvgIpc) is 2.89. The number of carbonyl (C=O) groups is 1. The van der Waals surface area contributed by atoms with Crippen LogP contribution in [0.5, 0.6) is 0 Å². The van der Waals surface area contributed by atoms with Crippen LogP contribution in [0, 0.1) is 6.92 Å². The van der Waals surface area contributed by atoms with Crippen molar-refractivity contribution in [3.8, 4) is 0 Å². The third-order valence-electron chi connectivity index (χ3n) is 4.99. The second-order valence-corrected chi connectivity index (χ2v) is 7.57. The highest BCUT2D eigenvalue weighted by Gasteiger charge is 2.21. The van der Waals surface area contributed by atoms with Crippen LogP contribution in [0.4, 0.5) is 0 Å². The molecule has 1 fully saturated rings. The predicted molar refractivity (Wildman–Crippen MR) is 107 cm³/mol. The van der Waals surface area contributed by atoms with Gasteiger partial charge in [0.2, 0.25) is 0 Å². The van der Waals surface area contributed by atoms with Crippen LogP contribution in [0.15, 0.2) is 48.8 Å². The van der Waals surface area contributed by atoms with Crippen LogP contribution in [0.25, 0.3) is 5.65 Å². The van der Waals surface area contributed by atoms with Crippen LogP contribution in [-0.4, -0.2) is 51.3 Å². The molecule has 1 amide bonds. The van der Waals surface area contributed by atoms with Gasteiger partial charge in [0.05, 0.1) is 10.7 Å². The largest absolute Gasteiger partial charge is 0.337 e. The fourth-order valence-corrected chi connectivity index (χ4v) is 3.78. The number of pyridine rings is 1. The fourth-order valence-electron chi connectivity index (χ4n) is 3.62. The van der Waals surface area contributed by atoms with Gasteiger partial charge in [-0.25, -0.2) is 4.98 Å². The van der Waals surface area contributed by atoms with Crippen molar-refractivity contribution in [2.75, 3.05) is 26.2 Å². The highest BCUT2D eigenvalue weighted by atomic mass is 35.5. The van der Waals surface area contributed by atoms with Crippen LogP contribution in [0.2, 0.25) is 5.02 Å². The molecule has 140 valence electrons. The number of nitrogens with zero attached hydrogens (tertiary/aromatic N) is 4. The Balaban J connectivity index is 1.41. The molecule has 0 atom stereocenters. The summed E-state index contributed by atoms with van der Waals surface area (Å²) in [5, 5.41) is 0.700. The third kappa shape index (κ3) is 4.15. The molecule has 3 heterocycles. The van der Waals surface area contributed by atoms with Crippen molar-refractivity contribution >= 4 is 23.2 Å². The zero-order chi connectivity index (χ0) is 18.8. The minimum Gasteiger partial charge on any atom is -0.337 e. The number of halogens is 1. The van der Waals surface area contributed by atoms with Crippen molar-refractivity contribution in [1.82, 2.24) is 19.2 Å². The summed E-state index contributed by atoms with van der Waals surface area (Å²) >= 11 is 6.05. The second-order valence-electron chi connectivity index (χ2n) is 7.14. The van der Waals surface area contributed by atoms with E-state index in [1.807, 2.05) is 65.0 Å². The minimum absolute atomic E-state index is 0.128. The Labute approximate surface area is 164 Å². The molecule has 0 aliphatic carbocycles. The molecule has 0 saturated carbocycles. The summed E-state index contributed by atoms with van der Waals surface area (Å²) in [5.41, 5.74) is 3.82. The van der Waals surface area contributed by atoms with E-state index >= 15 is 0 Å². The molecule has 3 aromatic rings. The second kappa shape index (κ2) is 7.71. The van der Waals surface area contributed by atoms with E-state index in [0.717, 1.165) is 61.6 Å². The van der Waals surface area contributed by atoms with Gasteiger partial charge >= 0.3 is 0 Å². The van der Waals surface area contributed by atoms with E-state index in [2.05, 4.69) is 9.88 Å². The van der Waals surface area contributed by atoms with Crippen molar-refractivity contribution in [1.29, 1.82) is 0 Å². The van der Waals surface area contributed by atoms with Crippen LogP contribution in [0.3, 0.4) is 0 Å². The molecule has 1 aliphatic rings.